The van der Waals surface area contributed by atoms with Gasteiger partial charge < -0.3 is 10.2 Å². The summed E-state index contributed by atoms with van der Waals surface area (Å²) >= 11 is 1.58. The number of nitrogens with zero attached hydrogens (tertiary/aromatic N) is 2. The topological polar surface area (TPSA) is 45.2 Å². The van der Waals surface area contributed by atoms with E-state index in [4.69, 9.17) is 0 Å². The second-order valence-corrected chi connectivity index (χ2v) is 4.83. The predicted molar refractivity (Wildman–Crippen MR) is 73.9 cm³/mol. The van der Waals surface area contributed by atoms with Crippen LogP contribution in [0.15, 0.2) is 35.2 Å². The Morgan fingerprint density at radius 1 is 1.33 bits per heavy atom. The van der Waals surface area contributed by atoms with E-state index in [2.05, 4.69) is 10.3 Å². The van der Waals surface area contributed by atoms with Crippen molar-refractivity contribution < 1.29 is 4.79 Å². The molecule has 4 nitrogen and oxygen atoms in total. The second kappa shape index (κ2) is 5.64. The standard InChI is InChI=1S/C13H15N3OS/c1-16(2)13(17)10-3-5-11(6-4-10)14-7-12-8-18-9-15-12/h3-6,8-9,14H,7H2,1-2H3. The summed E-state index contributed by atoms with van der Waals surface area (Å²) in [6.45, 7) is 0.699. The lowest BCUT2D eigenvalue weighted by Crippen LogP contribution is -2.21. The predicted octanol–water partition coefficient (Wildman–Crippen LogP) is 2.46. The van der Waals surface area contributed by atoms with Crippen LogP contribution in [-0.2, 0) is 6.54 Å². The third-order valence-corrected chi connectivity index (χ3v) is 3.13. The first-order chi connectivity index (χ1) is 8.66. The largest absolute Gasteiger partial charge is 0.379 e. The van der Waals surface area contributed by atoms with Gasteiger partial charge in [0.25, 0.3) is 5.91 Å². The number of benzene rings is 1. The van der Waals surface area contributed by atoms with Crippen molar-refractivity contribution in [3.63, 3.8) is 0 Å². The summed E-state index contributed by atoms with van der Waals surface area (Å²) in [5, 5.41) is 5.27. The Hall–Kier alpha value is -1.88. The number of carbonyl (C=O) groups is 1. The molecule has 0 aliphatic carbocycles. The zero-order valence-corrected chi connectivity index (χ0v) is 11.2. The fourth-order valence-electron chi connectivity index (χ4n) is 1.51. The summed E-state index contributed by atoms with van der Waals surface area (Å²) in [6.07, 6.45) is 0. The summed E-state index contributed by atoms with van der Waals surface area (Å²) in [6, 6.07) is 7.46. The van der Waals surface area contributed by atoms with Crippen LogP contribution in [0.3, 0.4) is 0 Å². The lowest BCUT2D eigenvalue weighted by atomic mass is 10.2. The molecule has 0 saturated heterocycles. The van der Waals surface area contributed by atoms with Gasteiger partial charge in [0, 0.05) is 30.7 Å². The van der Waals surface area contributed by atoms with Crippen LogP contribution in [0.25, 0.3) is 0 Å². The maximum atomic E-state index is 11.7. The van der Waals surface area contributed by atoms with E-state index in [-0.39, 0.29) is 5.91 Å². The Balaban J connectivity index is 1.97. The van der Waals surface area contributed by atoms with Crippen LogP contribution in [0.1, 0.15) is 16.1 Å². The minimum absolute atomic E-state index is 0.0149. The highest BCUT2D eigenvalue weighted by molar-refractivity contribution is 7.07. The van der Waals surface area contributed by atoms with Gasteiger partial charge in [-0.3, -0.25) is 4.79 Å². The molecule has 1 aromatic heterocycles. The molecule has 1 aromatic carbocycles. The van der Waals surface area contributed by atoms with Crippen molar-refractivity contribution in [2.75, 3.05) is 19.4 Å². The minimum Gasteiger partial charge on any atom is -0.379 e. The highest BCUT2D eigenvalue weighted by atomic mass is 32.1. The molecule has 0 unspecified atom stereocenters. The third kappa shape index (κ3) is 3.07. The van der Waals surface area contributed by atoms with Gasteiger partial charge in [-0.05, 0) is 24.3 Å². The molecule has 2 aromatic rings. The molecule has 0 fully saturated rings. The maximum absolute atomic E-state index is 11.7. The van der Waals surface area contributed by atoms with Gasteiger partial charge in [-0.1, -0.05) is 0 Å². The average Bonchev–Trinajstić information content (AvgIpc) is 2.89. The van der Waals surface area contributed by atoms with Gasteiger partial charge in [0.15, 0.2) is 0 Å². The highest BCUT2D eigenvalue weighted by Crippen LogP contribution is 2.12. The van der Waals surface area contributed by atoms with Gasteiger partial charge in [-0.2, -0.15) is 0 Å². The van der Waals surface area contributed by atoms with E-state index in [0.717, 1.165) is 11.4 Å². The van der Waals surface area contributed by atoms with Gasteiger partial charge in [-0.25, -0.2) is 4.98 Å². The SMILES string of the molecule is CN(C)C(=O)c1ccc(NCc2cscn2)cc1. The first-order valence-electron chi connectivity index (χ1n) is 5.59. The Morgan fingerprint density at radius 2 is 2.06 bits per heavy atom. The van der Waals surface area contributed by atoms with Crippen LogP contribution in [0.2, 0.25) is 0 Å². The van der Waals surface area contributed by atoms with Gasteiger partial charge in [0.1, 0.15) is 0 Å². The molecule has 0 saturated carbocycles. The average molecular weight is 261 g/mol. The molecule has 0 aliphatic rings. The fraction of sp³-hybridized carbons (Fsp3) is 0.231. The maximum Gasteiger partial charge on any atom is 0.253 e. The van der Waals surface area contributed by atoms with E-state index >= 15 is 0 Å². The third-order valence-electron chi connectivity index (χ3n) is 2.50. The summed E-state index contributed by atoms with van der Waals surface area (Å²) in [5.41, 5.74) is 4.52. The van der Waals surface area contributed by atoms with Crippen LogP contribution in [0.5, 0.6) is 0 Å². The molecule has 0 spiro atoms. The summed E-state index contributed by atoms with van der Waals surface area (Å²) in [4.78, 5) is 17.5. The van der Waals surface area contributed by atoms with E-state index in [0.29, 0.717) is 12.1 Å². The lowest BCUT2D eigenvalue weighted by Gasteiger charge is -2.11. The van der Waals surface area contributed by atoms with Gasteiger partial charge >= 0.3 is 0 Å². The fourth-order valence-corrected chi connectivity index (χ4v) is 2.06. The molecule has 94 valence electrons. The molecule has 0 radical (unpaired) electrons. The molecule has 0 bridgehead atoms. The first kappa shape index (κ1) is 12.6. The Morgan fingerprint density at radius 3 is 2.61 bits per heavy atom. The van der Waals surface area contributed by atoms with Crippen LogP contribution in [0, 0.1) is 0 Å². The lowest BCUT2D eigenvalue weighted by molar-refractivity contribution is 0.0827. The normalized spacial score (nSPS) is 10.1. The van der Waals surface area contributed by atoms with E-state index in [1.807, 2.05) is 35.2 Å². The summed E-state index contributed by atoms with van der Waals surface area (Å²) in [5.74, 6) is 0.0149. The van der Waals surface area contributed by atoms with Gasteiger partial charge in [0.05, 0.1) is 17.7 Å². The number of thiazole rings is 1. The van der Waals surface area contributed by atoms with Crippen molar-refractivity contribution in [1.29, 1.82) is 0 Å². The molecule has 1 heterocycles. The smallest absolute Gasteiger partial charge is 0.253 e. The number of anilines is 1. The Bertz CT molecular complexity index is 506. The van der Waals surface area contributed by atoms with Crippen molar-refractivity contribution in [3.05, 3.63) is 46.4 Å². The molecule has 1 N–H and O–H groups in total. The zero-order chi connectivity index (χ0) is 13.0. The van der Waals surface area contributed by atoms with Crippen LogP contribution in [0.4, 0.5) is 5.69 Å². The summed E-state index contributed by atoms with van der Waals surface area (Å²) < 4.78 is 0. The molecular formula is C13H15N3OS. The number of hydrogen-bond acceptors (Lipinski definition) is 4. The van der Waals surface area contributed by atoms with E-state index < -0.39 is 0 Å². The number of hydrogen-bond donors (Lipinski definition) is 1. The van der Waals surface area contributed by atoms with Crippen LogP contribution < -0.4 is 5.32 Å². The highest BCUT2D eigenvalue weighted by Gasteiger charge is 2.06. The molecule has 18 heavy (non-hydrogen) atoms. The number of carbonyl (C=O) groups excluding carboxylic acids is 1. The molecule has 1 amide bonds. The van der Waals surface area contributed by atoms with Crippen LogP contribution >= 0.6 is 11.3 Å². The quantitative estimate of drug-likeness (QED) is 0.919. The molecule has 0 atom stereocenters. The van der Waals surface area contributed by atoms with Crippen molar-refractivity contribution in [1.82, 2.24) is 9.88 Å². The van der Waals surface area contributed by atoms with E-state index in [1.165, 1.54) is 0 Å². The molecule has 0 aliphatic heterocycles. The Kier molecular flexibility index (Phi) is 3.94. The van der Waals surface area contributed by atoms with Gasteiger partial charge in [-0.15, -0.1) is 11.3 Å². The molecule has 5 heteroatoms. The van der Waals surface area contributed by atoms with Crippen molar-refractivity contribution in [2.24, 2.45) is 0 Å². The minimum atomic E-state index is 0.0149. The molecule has 2 rings (SSSR count). The number of amides is 1. The second-order valence-electron chi connectivity index (χ2n) is 4.11. The van der Waals surface area contributed by atoms with Gasteiger partial charge in [0.2, 0.25) is 0 Å². The number of nitrogens with one attached hydrogen (secondary N) is 1. The van der Waals surface area contributed by atoms with E-state index in [1.54, 1.807) is 30.3 Å². The van der Waals surface area contributed by atoms with Crippen molar-refractivity contribution in [2.45, 2.75) is 6.54 Å². The van der Waals surface area contributed by atoms with Crippen molar-refractivity contribution in [3.8, 4) is 0 Å². The number of rotatable bonds is 4. The summed E-state index contributed by atoms with van der Waals surface area (Å²) in [7, 11) is 3.49. The van der Waals surface area contributed by atoms with Crippen molar-refractivity contribution >= 4 is 22.9 Å². The number of aromatic nitrogens is 1. The monoisotopic (exact) mass is 261 g/mol. The first-order valence-corrected chi connectivity index (χ1v) is 6.54. The van der Waals surface area contributed by atoms with E-state index in [9.17, 15) is 4.79 Å². The Labute approximate surface area is 110 Å². The molecular weight excluding hydrogens is 246 g/mol. The van der Waals surface area contributed by atoms with Crippen LogP contribution in [-0.4, -0.2) is 29.9 Å². The zero-order valence-electron chi connectivity index (χ0n) is 10.4.